The van der Waals surface area contributed by atoms with Crippen molar-refractivity contribution in [3.63, 3.8) is 0 Å². The zero-order valence-electron chi connectivity index (χ0n) is 28.6. The standard InChI is InChI=1S/C41H33N3O7S2/c1-2-48-33-21-27(15-17-32(33)51-23-25-9-4-3-5-10-25)36-35(37(45)28-16-18-31-34(22-28)50-20-19-49-31)38(46)39(47)44(36)40-42-43-41(53-40)52-24-29-13-8-12-26-11-6-7-14-30(26)29/h3-18,21-22,36,45H,2,19-20,23-24H2,1H3/b37-35+. The Morgan fingerprint density at radius 2 is 1.66 bits per heavy atom. The highest BCUT2D eigenvalue weighted by molar-refractivity contribution is 8.00. The van der Waals surface area contributed by atoms with Crippen LogP contribution in [0.3, 0.4) is 0 Å². The Bertz CT molecular complexity index is 2360. The van der Waals surface area contributed by atoms with Gasteiger partial charge in [0.25, 0.3) is 5.78 Å². The molecule has 53 heavy (non-hydrogen) atoms. The molecule has 1 aromatic heterocycles. The van der Waals surface area contributed by atoms with E-state index in [9.17, 15) is 14.7 Å². The lowest BCUT2D eigenvalue weighted by molar-refractivity contribution is -0.132. The third-order valence-electron chi connectivity index (χ3n) is 8.91. The molecule has 1 amide bonds. The van der Waals surface area contributed by atoms with Gasteiger partial charge in [-0.2, -0.15) is 0 Å². The number of thioether (sulfide) groups is 1. The maximum Gasteiger partial charge on any atom is 0.301 e. The van der Waals surface area contributed by atoms with E-state index >= 15 is 0 Å². The fraction of sp³-hybridized carbons (Fsp3) is 0.171. The molecule has 0 aliphatic carbocycles. The van der Waals surface area contributed by atoms with Gasteiger partial charge in [0.1, 0.15) is 25.6 Å². The van der Waals surface area contributed by atoms with Gasteiger partial charge in [0.2, 0.25) is 5.13 Å². The zero-order valence-corrected chi connectivity index (χ0v) is 30.2. The number of aliphatic hydroxyl groups is 1. The molecule has 8 rings (SSSR count). The van der Waals surface area contributed by atoms with Gasteiger partial charge in [0.15, 0.2) is 27.3 Å². The van der Waals surface area contributed by atoms with Crippen LogP contribution in [0.5, 0.6) is 23.0 Å². The minimum atomic E-state index is -1.06. The number of amides is 1. The van der Waals surface area contributed by atoms with E-state index in [1.807, 2.05) is 55.5 Å². The maximum atomic E-state index is 14.0. The summed E-state index contributed by atoms with van der Waals surface area (Å²) in [7, 11) is 0. The van der Waals surface area contributed by atoms with Crippen LogP contribution in [0.1, 0.15) is 35.2 Å². The Kier molecular flexibility index (Phi) is 9.70. The van der Waals surface area contributed by atoms with Crippen molar-refractivity contribution in [2.24, 2.45) is 0 Å². The molecule has 10 nitrogen and oxygen atoms in total. The molecule has 0 saturated carbocycles. The second kappa shape index (κ2) is 15.0. The number of hydrogen-bond donors (Lipinski definition) is 1. The number of Topliss-reactive ketones (excluding diaryl/α,β-unsaturated/α-hetero) is 1. The molecule has 5 aromatic carbocycles. The van der Waals surface area contributed by atoms with Crippen molar-refractivity contribution < 1.29 is 33.6 Å². The van der Waals surface area contributed by atoms with Crippen molar-refractivity contribution >= 4 is 56.5 Å². The summed E-state index contributed by atoms with van der Waals surface area (Å²) in [4.78, 5) is 29.3. The second-order valence-electron chi connectivity index (χ2n) is 12.2. The summed E-state index contributed by atoms with van der Waals surface area (Å²) in [6.07, 6.45) is 0. The van der Waals surface area contributed by atoms with Gasteiger partial charge in [0, 0.05) is 11.3 Å². The van der Waals surface area contributed by atoms with Crippen LogP contribution in [0.2, 0.25) is 0 Å². The lowest BCUT2D eigenvalue weighted by Gasteiger charge is -2.24. The van der Waals surface area contributed by atoms with Crippen molar-refractivity contribution in [3.8, 4) is 23.0 Å². The third kappa shape index (κ3) is 6.90. The van der Waals surface area contributed by atoms with Gasteiger partial charge in [-0.15, -0.1) is 10.2 Å². The van der Waals surface area contributed by atoms with Gasteiger partial charge in [-0.1, -0.05) is 102 Å². The van der Waals surface area contributed by atoms with Crippen molar-refractivity contribution in [2.75, 3.05) is 24.7 Å². The molecule has 1 saturated heterocycles. The predicted octanol–water partition coefficient (Wildman–Crippen LogP) is 8.36. The molecule has 0 spiro atoms. The number of anilines is 1. The molecule has 0 radical (unpaired) electrons. The van der Waals surface area contributed by atoms with Gasteiger partial charge >= 0.3 is 5.91 Å². The average Bonchev–Trinajstić information content (AvgIpc) is 3.77. The molecule has 1 N–H and O–H groups in total. The minimum Gasteiger partial charge on any atom is -0.507 e. The van der Waals surface area contributed by atoms with Crippen molar-refractivity contribution in [1.29, 1.82) is 0 Å². The Labute approximate surface area is 313 Å². The van der Waals surface area contributed by atoms with E-state index in [0.717, 1.165) is 21.9 Å². The van der Waals surface area contributed by atoms with Crippen LogP contribution in [0.4, 0.5) is 5.13 Å². The fourth-order valence-corrected chi connectivity index (χ4v) is 8.30. The number of ketones is 1. The fourth-order valence-electron chi connectivity index (χ4n) is 6.43. The Morgan fingerprint density at radius 3 is 2.51 bits per heavy atom. The number of benzene rings is 5. The molecule has 12 heteroatoms. The van der Waals surface area contributed by atoms with Gasteiger partial charge in [-0.25, -0.2) is 0 Å². The van der Waals surface area contributed by atoms with Crippen LogP contribution < -0.4 is 23.8 Å². The first-order chi connectivity index (χ1) is 26.0. The van der Waals surface area contributed by atoms with Gasteiger partial charge < -0.3 is 24.1 Å². The highest BCUT2D eigenvalue weighted by atomic mass is 32.2. The largest absolute Gasteiger partial charge is 0.507 e. The topological polar surface area (TPSA) is 120 Å². The summed E-state index contributed by atoms with van der Waals surface area (Å²) in [6, 6.07) is 33.2. The number of hydrogen-bond acceptors (Lipinski definition) is 11. The molecule has 0 bridgehead atoms. The quantitative estimate of drug-likeness (QED) is 0.0456. The number of aromatic nitrogens is 2. The molecule has 1 fully saturated rings. The number of carbonyl (C=O) groups is 2. The average molecular weight is 744 g/mol. The van der Waals surface area contributed by atoms with E-state index in [1.165, 1.54) is 28.0 Å². The van der Waals surface area contributed by atoms with E-state index in [1.54, 1.807) is 36.4 Å². The molecule has 1 atom stereocenters. The van der Waals surface area contributed by atoms with E-state index in [0.29, 0.717) is 70.6 Å². The molecule has 2 aliphatic rings. The summed E-state index contributed by atoms with van der Waals surface area (Å²) in [5, 5.41) is 23.2. The summed E-state index contributed by atoms with van der Waals surface area (Å²) in [5.74, 6) is 0.459. The monoisotopic (exact) mass is 743 g/mol. The lowest BCUT2D eigenvalue weighted by atomic mass is 9.95. The molecule has 2 aliphatic heterocycles. The Hall–Kier alpha value is -5.85. The molecular weight excluding hydrogens is 711 g/mol. The smallest absolute Gasteiger partial charge is 0.301 e. The summed E-state index contributed by atoms with van der Waals surface area (Å²) >= 11 is 2.70. The first kappa shape index (κ1) is 34.2. The van der Waals surface area contributed by atoms with Crippen LogP contribution in [-0.2, 0) is 21.9 Å². The van der Waals surface area contributed by atoms with Crippen LogP contribution in [-0.4, -0.2) is 46.8 Å². The van der Waals surface area contributed by atoms with E-state index in [2.05, 4.69) is 34.5 Å². The van der Waals surface area contributed by atoms with Gasteiger partial charge in [-0.3, -0.25) is 14.5 Å². The van der Waals surface area contributed by atoms with Crippen LogP contribution in [0, 0.1) is 0 Å². The van der Waals surface area contributed by atoms with Crippen LogP contribution in [0.15, 0.2) is 119 Å². The van der Waals surface area contributed by atoms with E-state index < -0.39 is 17.7 Å². The second-order valence-corrected chi connectivity index (χ2v) is 14.4. The number of fused-ring (bicyclic) bond motifs is 2. The summed E-state index contributed by atoms with van der Waals surface area (Å²) < 4.78 is 24.2. The highest BCUT2D eigenvalue weighted by Gasteiger charge is 2.48. The number of nitrogens with zero attached hydrogens (tertiary/aromatic N) is 3. The number of carbonyl (C=O) groups excluding carboxylic acids is 2. The van der Waals surface area contributed by atoms with E-state index in [-0.39, 0.29) is 16.5 Å². The van der Waals surface area contributed by atoms with Gasteiger partial charge in [0.05, 0.1) is 18.2 Å². The number of aliphatic hydroxyl groups excluding tert-OH is 1. The normalized spacial score (nSPS) is 16.2. The van der Waals surface area contributed by atoms with Gasteiger partial charge in [-0.05, 0) is 64.7 Å². The molecule has 1 unspecified atom stereocenters. The minimum absolute atomic E-state index is 0.104. The van der Waals surface area contributed by atoms with Crippen LogP contribution >= 0.6 is 23.1 Å². The first-order valence-corrected chi connectivity index (χ1v) is 18.9. The first-order valence-electron chi connectivity index (χ1n) is 17.1. The number of ether oxygens (including phenoxy) is 4. The number of rotatable bonds is 11. The summed E-state index contributed by atoms with van der Waals surface area (Å²) in [5.41, 5.74) is 2.83. The maximum absolute atomic E-state index is 14.0. The van der Waals surface area contributed by atoms with Crippen molar-refractivity contribution in [3.05, 3.63) is 137 Å². The SMILES string of the molecule is CCOc1cc(C2/C(=C(\O)c3ccc4c(c3)OCCO4)C(=O)C(=O)N2c2nnc(SCc3cccc4ccccc34)s2)ccc1OCc1ccccc1. The highest BCUT2D eigenvalue weighted by Crippen LogP contribution is 2.46. The van der Waals surface area contributed by atoms with Crippen molar-refractivity contribution in [1.82, 2.24) is 10.2 Å². The summed E-state index contributed by atoms with van der Waals surface area (Å²) in [6.45, 7) is 3.27. The Morgan fingerprint density at radius 1 is 0.868 bits per heavy atom. The molecule has 266 valence electrons. The predicted molar refractivity (Wildman–Crippen MR) is 204 cm³/mol. The molecule has 6 aromatic rings. The molecule has 3 heterocycles. The zero-order chi connectivity index (χ0) is 36.3. The molecular formula is C41H33N3O7S2. The third-order valence-corrected chi connectivity index (χ3v) is 11.0. The van der Waals surface area contributed by atoms with Crippen LogP contribution in [0.25, 0.3) is 16.5 Å². The van der Waals surface area contributed by atoms with E-state index in [4.69, 9.17) is 18.9 Å². The lowest BCUT2D eigenvalue weighted by Crippen LogP contribution is -2.29. The van der Waals surface area contributed by atoms with Crippen molar-refractivity contribution in [2.45, 2.75) is 29.7 Å². The Balaban J connectivity index is 1.17.